The summed E-state index contributed by atoms with van der Waals surface area (Å²) in [5.41, 5.74) is 2.42. The molecule has 0 aromatic heterocycles. The normalized spacial score (nSPS) is 11.2. The van der Waals surface area contributed by atoms with Crippen LogP contribution in [0.3, 0.4) is 0 Å². The van der Waals surface area contributed by atoms with E-state index in [4.69, 9.17) is 0 Å². The van der Waals surface area contributed by atoms with Crippen molar-refractivity contribution in [2.75, 3.05) is 0 Å². The smallest absolute Gasteiger partial charge is 0.0283 e. The van der Waals surface area contributed by atoms with Crippen molar-refractivity contribution < 1.29 is 0 Å². The monoisotopic (exact) mass is 109 g/mol. The predicted molar refractivity (Wildman–Crippen MR) is 38.5 cm³/mol. The summed E-state index contributed by atoms with van der Waals surface area (Å²) in [5.74, 6) is 0. The molecule has 0 fully saturated rings. The lowest BCUT2D eigenvalue weighted by Gasteiger charge is -1.83. The van der Waals surface area contributed by atoms with Crippen LogP contribution in [0.2, 0.25) is 0 Å². The van der Waals surface area contributed by atoms with E-state index in [1.54, 1.807) is 0 Å². The van der Waals surface area contributed by atoms with Gasteiger partial charge in [-0.25, -0.2) is 0 Å². The number of allylic oxidation sites excluding steroid dienone is 4. The van der Waals surface area contributed by atoms with Crippen molar-refractivity contribution in [1.29, 1.82) is 0 Å². The van der Waals surface area contributed by atoms with E-state index in [-0.39, 0.29) is 0 Å². The standard InChI is InChI=1S/C8H13/c1-7(2)5-6-8(3)4/h5-6H,1H2,2-4H3/b7-5-. The minimum atomic E-state index is 1.10. The zero-order valence-electron chi connectivity index (χ0n) is 5.86. The molecule has 0 aliphatic heterocycles. The lowest BCUT2D eigenvalue weighted by Crippen LogP contribution is -1.62. The largest absolute Gasteiger partial charge is 0.0764 e. The molecule has 0 amide bonds. The summed E-state index contributed by atoms with van der Waals surface area (Å²) in [7, 11) is 0. The van der Waals surface area contributed by atoms with E-state index in [1.807, 2.05) is 13.0 Å². The molecular weight excluding hydrogens is 96.1 g/mol. The third kappa shape index (κ3) is 5.48. The van der Waals surface area contributed by atoms with Crippen LogP contribution in [0.25, 0.3) is 0 Å². The zero-order valence-corrected chi connectivity index (χ0v) is 5.86. The maximum Gasteiger partial charge on any atom is -0.0283 e. The van der Waals surface area contributed by atoms with E-state index in [0.717, 1.165) is 5.57 Å². The molecule has 0 nitrogen and oxygen atoms in total. The lowest BCUT2D eigenvalue weighted by atomic mass is 10.2. The molecule has 8 heavy (non-hydrogen) atoms. The average molecular weight is 109 g/mol. The molecule has 0 rings (SSSR count). The van der Waals surface area contributed by atoms with Crippen LogP contribution in [0.1, 0.15) is 20.8 Å². The Labute approximate surface area is 51.9 Å². The Balaban J connectivity index is 3.76. The van der Waals surface area contributed by atoms with Crippen LogP contribution in [0.15, 0.2) is 23.3 Å². The molecule has 0 saturated carbocycles. The summed E-state index contributed by atoms with van der Waals surface area (Å²) < 4.78 is 0. The second-order valence-corrected chi connectivity index (χ2v) is 2.26. The number of rotatable bonds is 1. The fraction of sp³-hybridized carbons (Fsp3) is 0.375. The Morgan fingerprint density at radius 3 is 1.75 bits per heavy atom. The highest BCUT2D eigenvalue weighted by molar-refractivity contribution is 5.15. The van der Waals surface area contributed by atoms with Crippen LogP contribution in [0, 0.1) is 6.92 Å². The fourth-order valence-electron chi connectivity index (χ4n) is 0.309. The van der Waals surface area contributed by atoms with Crippen LogP contribution in [-0.2, 0) is 0 Å². The van der Waals surface area contributed by atoms with E-state index < -0.39 is 0 Å². The first-order valence-corrected chi connectivity index (χ1v) is 2.76. The molecule has 0 aliphatic rings. The average Bonchev–Trinajstić information content (AvgIpc) is 1.61. The Hall–Kier alpha value is -0.520. The van der Waals surface area contributed by atoms with Crippen molar-refractivity contribution in [3.05, 3.63) is 30.2 Å². The Morgan fingerprint density at radius 1 is 1.12 bits per heavy atom. The van der Waals surface area contributed by atoms with Gasteiger partial charge in [-0.05, 0) is 27.7 Å². The Kier molecular flexibility index (Phi) is 3.25. The van der Waals surface area contributed by atoms with Gasteiger partial charge in [0.2, 0.25) is 0 Å². The number of hydrogen-bond acceptors (Lipinski definition) is 0. The fourth-order valence-corrected chi connectivity index (χ4v) is 0.309. The highest BCUT2D eigenvalue weighted by Gasteiger charge is 1.72. The molecule has 0 spiro atoms. The van der Waals surface area contributed by atoms with Crippen molar-refractivity contribution in [1.82, 2.24) is 0 Å². The molecule has 0 heterocycles. The van der Waals surface area contributed by atoms with Gasteiger partial charge in [0.1, 0.15) is 0 Å². The first-order valence-electron chi connectivity index (χ1n) is 2.76. The van der Waals surface area contributed by atoms with Crippen LogP contribution < -0.4 is 0 Å². The molecule has 0 atom stereocenters. The molecule has 0 aromatic carbocycles. The summed E-state index contributed by atoms with van der Waals surface area (Å²) in [6.07, 6.45) is 4.07. The van der Waals surface area contributed by atoms with Gasteiger partial charge >= 0.3 is 0 Å². The molecule has 0 aromatic rings. The summed E-state index contributed by atoms with van der Waals surface area (Å²) in [6.45, 7) is 9.85. The van der Waals surface area contributed by atoms with E-state index in [9.17, 15) is 0 Å². The zero-order chi connectivity index (χ0) is 6.57. The van der Waals surface area contributed by atoms with Crippen LogP contribution in [0.4, 0.5) is 0 Å². The van der Waals surface area contributed by atoms with Gasteiger partial charge in [0, 0.05) is 0 Å². The minimum absolute atomic E-state index is 1.10. The maximum absolute atomic E-state index is 3.73. The van der Waals surface area contributed by atoms with Crippen molar-refractivity contribution in [2.45, 2.75) is 20.8 Å². The van der Waals surface area contributed by atoms with Gasteiger partial charge in [-0.15, -0.1) is 0 Å². The van der Waals surface area contributed by atoms with Gasteiger partial charge in [0.25, 0.3) is 0 Å². The third-order valence-corrected chi connectivity index (χ3v) is 0.701. The van der Waals surface area contributed by atoms with E-state index >= 15 is 0 Å². The number of hydrogen-bond donors (Lipinski definition) is 0. The second kappa shape index (κ2) is 3.48. The van der Waals surface area contributed by atoms with Gasteiger partial charge in [-0.3, -0.25) is 0 Å². The topological polar surface area (TPSA) is 0 Å². The molecule has 0 N–H and O–H groups in total. The first kappa shape index (κ1) is 7.48. The minimum Gasteiger partial charge on any atom is -0.0764 e. The Bertz CT molecular complexity index is 92.0. The van der Waals surface area contributed by atoms with Gasteiger partial charge in [0.15, 0.2) is 0 Å². The van der Waals surface area contributed by atoms with E-state index in [1.165, 1.54) is 5.57 Å². The third-order valence-electron chi connectivity index (χ3n) is 0.701. The molecular formula is C8H13. The second-order valence-electron chi connectivity index (χ2n) is 2.26. The van der Waals surface area contributed by atoms with E-state index in [2.05, 4.69) is 26.8 Å². The van der Waals surface area contributed by atoms with Gasteiger partial charge < -0.3 is 0 Å². The lowest BCUT2D eigenvalue weighted by molar-refractivity contribution is 1.38. The summed E-state index contributed by atoms with van der Waals surface area (Å²) >= 11 is 0. The van der Waals surface area contributed by atoms with Crippen molar-refractivity contribution in [2.24, 2.45) is 0 Å². The van der Waals surface area contributed by atoms with Gasteiger partial charge in [0.05, 0.1) is 0 Å². The van der Waals surface area contributed by atoms with Crippen LogP contribution in [0.5, 0.6) is 0 Å². The van der Waals surface area contributed by atoms with Crippen LogP contribution in [-0.4, -0.2) is 0 Å². The highest BCUT2D eigenvalue weighted by Crippen LogP contribution is 1.93. The molecule has 0 aliphatic carbocycles. The molecule has 0 saturated heterocycles. The SMILES string of the molecule is [CH2]/C(C)=C/C=C(C)C. The predicted octanol–water partition coefficient (Wildman–Crippen LogP) is 2.73. The summed E-state index contributed by atoms with van der Waals surface area (Å²) in [4.78, 5) is 0. The van der Waals surface area contributed by atoms with Gasteiger partial charge in [-0.2, -0.15) is 0 Å². The quantitative estimate of drug-likeness (QED) is 0.454. The molecule has 0 unspecified atom stereocenters. The van der Waals surface area contributed by atoms with Crippen molar-refractivity contribution in [3.8, 4) is 0 Å². The van der Waals surface area contributed by atoms with Crippen LogP contribution >= 0.6 is 0 Å². The maximum atomic E-state index is 3.73. The first-order chi connectivity index (χ1) is 3.63. The van der Waals surface area contributed by atoms with Gasteiger partial charge in [-0.1, -0.05) is 23.3 Å². The van der Waals surface area contributed by atoms with E-state index in [0.29, 0.717) is 0 Å². The molecule has 0 heteroatoms. The summed E-state index contributed by atoms with van der Waals surface area (Å²) in [6, 6.07) is 0. The highest BCUT2D eigenvalue weighted by atomic mass is 13.8. The van der Waals surface area contributed by atoms with Crippen molar-refractivity contribution >= 4 is 0 Å². The molecule has 0 bridgehead atoms. The molecule has 1 radical (unpaired) electrons. The van der Waals surface area contributed by atoms with Crippen molar-refractivity contribution in [3.63, 3.8) is 0 Å². The Morgan fingerprint density at radius 2 is 1.62 bits per heavy atom. The summed E-state index contributed by atoms with van der Waals surface area (Å²) in [5, 5.41) is 0. The molecule has 45 valence electrons.